The second kappa shape index (κ2) is 5.92. The zero-order chi connectivity index (χ0) is 12.2. The highest BCUT2D eigenvalue weighted by Crippen LogP contribution is 2.08. The minimum Gasteiger partial charge on any atom is -0.329 e. The Balaban J connectivity index is 2.49. The van der Waals surface area contributed by atoms with E-state index in [1.54, 1.807) is 6.92 Å². The molecule has 0 saturated carbocycles. The Labute approximate surface area is 98.0 Å². The van der Waals surface area contributed by atoms with Crippen molar-refractivity contribution in [3.63, 3.8) is 0 Å². The number of nitrogens with zero attached hydrogens (tertiary/aromatic N) is 2. The van der Waals surface area contributed by atoms with Crippen molar-refractivity contribution < 1.29 is 8.42 Å². The van der Waals surface area contributed by atoms with Crippen molar-refractivity contribution in [3.8, 4) is 0 Å². The average molecular weight is 250 g/mol. The van der Waals surface area contributed by atoms with E-state index in [0.717, 1.165) is 13.1 Å². The van der Waals surface area contributed by atoms with Crippen LogP contribution in [0.25, 0.3) is 0 Å². The van der Waals surface area contributed by atoms with Crippen molar-refractivity contribution in [3.05, 3.63) is 0 Å². The van der Waals surface area contributed by atoms with Crippen LogP contribution in [0.4, 0.5) is 0 Å². The molecule has 96 valence electrons. The molecule has 6 nitrogen and oxygen atoms in total. The third kappa shape index (κ3) is 3.39. The Bertz CT molecular complexity index is 299. The van der Waals surface area contributed by atoms with Gasteiger partial charge in [0.05, 0.1) is 0 Å². The van der Waals surface area contributed by atoms with Crippen LogP contribution in [-0.2, 0) is 10.2 Å². The lowest BCUT2D eigenvalue weighted by atomic mass is 10.2. The monoisotopic (exact) mass is 250 g/mol. The smallest absolute Gasteiger partial charge is 0.279 e. The molecule has 1 aliphatic heterocycles. The molecule has 1 rings (SSSR count). The number of nitrogens with one attached hydrogen (secondary N) is 1. The fraction of sp³-hybridized carbons (Fsp3) is 1.00. The summed E-state index contributed by atoms with van der Waals surface area (Å²) in [4.78, 5) is 2.22. The van der Waals surface area contributed by atoms with Gasteiger partial charge in [-0.3, -0.25) is 4.90 Å². The maximum Gasteiger partial charge on any atom is 0.279 e. The van der Waals surface area contributed by atoms with E-state index in [9.17, 15) is 8.42 Å². The SMILES string of the molecule is CCNS(=O)(=O)N1CCN(C(C)CN)CC1. The van der Waals surface area contributed by atoms with Crippen LogP contribution >= 0.6 is 0 Å². The van der Waals surface area contributed by atoms with Gasteiger partial charge in [-0.25, -0.2) is 4.72 Å². The van der Waals surface area contributed by atoms with Crippen LogP contribution in [0.3, 0.4) is 0 Å². The van der Waals surface area contributed by atoms with Crippen LogP contribution in [0.5, 0.6) is 0 Å². The van der Waals surface area contributed by atoms with E-state index < -0.39 is 10.2 Å². The van der Waals surface area contributed by atoms with Gasteiger partial charge < -0.3 is 5.73 Å². The van der Waals surface area contributed by atoms with E-state index in [2.05, 4.69) is 16.5 Å². The van der Waals surface area contributed by atoms with Crippen molar-refractivity contribution >= 4 is 10.2 Å². The summed E-state index contributed by atoms with van der Waals surface area (Å²) in [6, 6.07) is 0.323. The molecule has 1 atom stereocenters. The normalized spacial score (nSPS) is 22.2. The van der Waals surface area contributed by atoms with Crippen LogP contribution in [-0.4, -0.2) is 62.9 Å². The predicted molar refractivity (Wildman–Crippen MR) is 64.3 cm³/mol. The van der Waals surface area contributed by atoms with Crippen molar-refractivity contribution in [2.24, 2.45) is 5.73 Å². The molecule has 0 aromatic carbocycles. The lowest BCUT2D eigenvalue weighted by Gasteiger charge is -2.36. The van der Waals surface area contributed by atoms with E-state index in [4.69, 9.17) is 5.73 Å². The Morgan fingerprint density at radius 1 is 1.31 bits per heavy atom. The Morgan fingerprint density at radius 2 is 1.88 bits per heavy atom. The molecule has 1 heterocycles. The molecule has 3 N–H and O–H groups in total. The first-order valence-electron chi connectivity index (χ1n) is 5.70. The first-order valence-corrected chi connectivity index (χ1v) is 7.14. The lowest BCUT2D eigenvalue weighted by molar-refractivity contribution is 0.148. The summed E-state index contributed by atoms with van der Waals surface area (Å²) in [5.74, 6) is 0. The summed E-state index contributed by atoms with van der Waals surface area (Å²) in [6.07, 6.45) is 0. The maximum absolute atomic E-state index is 11.7. The van der Waals surface area contributed by atoms with Crippen LogP contribution < -0.4 is 10.5 Å². The van der Waals surface area contributed by atoms with E-state index in [-0.39, 0.29) is 0 Å². The summed E-state index contributed by atoms with van der Waals surface area (Å²) < 4.78 is 27.4. The molecule has 0 aliphatic carbocycles. The predicted octanol–water partition coefficient (Wildman–Crippen LogP) is -1.19. The van der Waals surface area contributed by atoms with E-state index in [0.29, 0.717) is 32.2 Å². The van der Waals surface area contributed by atoms with Crippen molar-refractivity contribution in [2.75, 3.05) is 39.3 Å². The molecule has 0 aromatic rings. The standard InChI is InChI=1S/C9H22N4O2S/c1-3-11-16(14,15)13-6-4-12(5-7-13)9(2)8-10/h9,11H,3-8,10H2,1-2H3. The molecule has 0 radical (unpaired) electrons. The number of piperazine rings is 1. The fourth-order valence-corrected chi connectivity index (χ4v) is 3.00. The molecule has 0 spiro atoms. The molecule has 1 fully saturated rings. The van der Waals surface area contributed by atoms with Crippen LogP contribution in [0.2, 0.25) is 0 Å². The summed E-state index contributed by atoms with van der Waals surface area (Å²) in [7, 11) is -3.26. The molecule has 1 aliphatic rings. The topological polar surface area (TPSA) is 78.7 Å². The molecule has 7 heteroatoms. The third-order valence-electron chi connectivity index (χ3n) is 2.90. The molecule has 1 saturated heterocycles. The number of hydrogen-bond acceptors (Lipinski definition) is 4. The Morgan fingerprint density at radius 3 is 2.31 bits per heavy atom. The van der Waals surface area contributed by atoms with Crippen LogP contribution in [0.1, 0.15) is 13.8 Å². The number of hydrogen-bond donors (Lipinski definition) is 2. The summed E-state index contributed by atoms with van der Waals surface area (Å²) in [5.41, 5.74) is 5.59. The maximum atomic E-state index is 11.7. The molecule has 0 bridgehead atoms. The lowest BCUT2D eigenvalue weighted by Crippen LogP contribution is -2.54. The summed E-state index contributed by atoms with van der Waals surface area (Å²) in [5, 5.41) is 0. The van der Waals surface area contributed by atoms with Gasteiger partial charge in [-0.15, -0.1) is 0 Å². The Hall–Kier alpha value is -0.210. The van der Waals surface area contributed by atoms with Gasteiger partial charge >= 0.3 is 0 Å². The zero-order valence-electron chi connectivity index (χ0n) is 10.0. The minimum absolute atomic E-state index is 0.323. The van der Waals surface area contributed by atoms with Gasteiger partial charge in [0.15, 0.2) is 0 Å². The Kier molecular flexibility index (Phi) is 5.13. The largest absolute Gasteiger partial charge is 0.329 e. The highest BCUT2D eigenvalue weighted by Gasteiger charge is 2.27. The third-order valence-corrected chi connectivity index (χ3v) is 4.60. The van der Waals surface area contributed by atoms with Gasteiger partial charge in [-0.05, 0) is 6.92 Å². The van der Waals surface area contributed by atoms with Gasteiger partial charge in [0.1, 0.15) is 0 Å². The van der Waals surface area contributed by atoms with Gasteiger partial charge in [0, 0.05) is 45.3 Å². The second-order valence-corrected chi connectivity index (χ2v) is 5.78. The van der Waals surface area contributed by atoms with E-state index in [1.165, 1.54) is 4.31 Å². The first-order chi connectivity index (χ1) is 7.51. The molecular weight excluding hydrogens is 228 g/mol. The highest BCUT2D eigenvalue weighted by molar-refractivity contribution is 7.87. The second-order valence-electron chi connectivity index (χ2n) is 4.02. The first kappa shape index (κ1) is 13.9. The van der Waals surface area contributed by atoms with E-state index >= 15 is 0 Å². The van der Waals surface area contributed by atoms with Gasteiger partial charge in [-0.2, -0.15) is 12.7 Å². The van der Waals surface area contributed by atoms with Gasteiger partial charge in [-0.1, -0.05) is 6.92 Å². The average Bonchev–Trinajstić information content (AvgIpc) is 2.28. The fourth-order valence-electron chi connectivity index (χ4n) is 1.81. The van der Waals surface area contributed by atoms with E-state index in [1.807, 2.05) is 0 Å². The van der Waals surface area contributed by atoms with Crippen molar-refractivity contribution in [1.82, 2.24) is 13.9 Å². The molecule has 0 amide bonds. The zero-order valence-corrected chi connectivity index (χ0v) is 10.8. The summed E-state index contributed by atoms with van der Waals surface area (Å²) >= 11 is 0. The quantitative estimate of drug-likeness (QED) is 0.643. The molecule has 16 heavy (non-hydrogen) atoms. The van der Waals surface area contributed by atoms with Gasteiger partial charge in [0.25, 0.3) is 10.2 Å². The van der Waals surface area contributed by atoms with Crippen LogP contribution in [0, 0.1) is 0 Å². The van der Waals surface area contributed by atoms with Crippen LogP contribution in [0.15, 0.2) is 0 Å². The van der Waals surface area contributed by atoms with Crippen molar-refractivity contribution in [2.45, 2.75) is 19.9 Å². The number of nitrogens with two attached hydrogens (primary N) is 1. The van der Waals surface area contributed by atoms with Gasteiger partial charge in [0.2, 0.25) is 0 Å². The highest BCUT2D eigenvalue weighted by atomic mass is 32.2. The molecule has 1 unspecified atom stereocenters. The molecular formula is C9H22N4O2S. The minimum atomic E-state index is -3.26. The summed E-state index contributed by atoms with van der Waals surface area (Å²) in [6.45, 7) is 7.48. The number of rotatable bonds is 5. The molecule has 0 aromatic heterocycles. The van der Waals surface area contributed by atoms with Crippen molar-refractivity contribution in [1.29, 1.82) is 0 Å².